The largest absolute Gasteiger partial charge is 0.479 e. The molecule has 2 aliphatic rings. The van der Waals surface area contributed by atoms with Gasteiger partial charge in [0.2, 0.25) is 5.91 Å². The smallest absolute Gasteiger partial charge is 0.329 e. The fourth-order valence-electron chi connectivity index (χ4n) is 3.54. The lowest BCUT2D eigenvalue weighted by Gasteiger charge is -2.36. The van der Waals surface area contributed by atoms with E-state index in [-0.39, 0.29) is 11.8 Å². The third-order valence-corrected chi connectivity index (χ3v) is 4.65. The second-order valence-corrected chi connectivity index (χ2v) is 5.92. The molecular formula is C14H24N2O3. The molecule has 2 N–H and O–H groups in total. The highest BCUT2D eigenvalue weighted by Gasteiger charge is 2.51. The van der Waals surface area contributed by atoms with Crippen LogP contribution in [0.1, 0.15) is 39.5 Å². The van der Waals surface area contributed by atoms with Crippen LogP contribution in [0.5, 0.6) is 0 Å². The van der Waals surface area contributed by atoms with Crippen molar-refractivity contribution in [1.82, 2.24) is 10.2 Å². The maximum atomic E-state index is 12.7. The fourth-order valence-corrected chi connectivity index (χ4v) is 3.54. The summed E-state index contributed by atoms with van der Waals surface area (Å²) in [7, 11) is 0. The van der Waals surface area contributed by atoms with E-state index in [4.69, 9.17) is 0 Å². The van der Waals surface area contributed by atoms with Crippen molar-refractivity contribution in [2.24, 2.45) is 11.8 Å². The highest BCUT2D eigenvalue weighted by Crippen LogP contribution is 2.36. The summed E-state index contributed by atoms with van der Waals surface area (Å²) >= 11 is 0. The molecular weight excluding hydrogens is 244 g/mol. The average Bonchev–Trinajstić information content (AvgIpc) is 2.96. The molecule has 2 aliphatic heterocycles. The molecule has 2 rings (SSSR count). The van der Waals surface area contributed by atoms with E-state index in [2.05, 4.69) is 12.2 Å². The van der Waals surface area contributed by atoms with Crippen molar-refractivity contribution in [3.8, 4) is 0 Å². The van der Waals surface area contributed by atoms with Gasteiger partial charge in [0.05, 0.1) is 5.92 Å². The lowest BCUT2D eigenvalue weighted by Crippen LogP contribution is -2.55. The monoisotopic (exact) mass is 268 g/mol. The van der Waals surface area contributed by atoms with E-state index in [1.807, 2.05) is 6.92 Å². The van der Waals surface area contributed by atoms with Crippen LogP contribution in [-0.4, -0.2) is 47.1 Å². The number of hydrogen-bond acceptors (Lipinski definition) is 3. The number of hydrogen-bond donors (Lipinski definition) is 2. The first-order valence-electron chi connectivity index (χ1n) is 7.28. The minimum Gasteiger partial charge on any atom is -0.479 e. The van der Waals surface area contributed by atoms with Crippen molar-refractivity contribution in [3.63, 3.8) is 0 Å². The Labute approximate surface area is 114 Å². The lowest BCUT2D eigenvalue weighted by molar-refractivity contribution is -0.159. The van der Waals surface area contributed by atoms with E-state index >= 15 is 0 Å². The molecule has 0 aromatic heterocycles. The number of carboxylic acid groups (broad SMARTS) is 1. The topological polar surface area (TPSA) is 69.6 Å². The van der Waals surface area contributed by atoms with Crippen LogP contribution in [0, 0.1) is 11.8 Å². The molecule has 108 valence electrons. The van der Waals surface area contributed by atoms with Gasteiger partial charge < -0.3 is 15.3 Å². The molecule has 3 unspecified atom stereocenters. The van der Waals surface area contributed by atoms with Crippen LogP contribution in [0.3, 0.4) is 0 Å². The Bertz CT molecular complexity index is 372. The van der Waals surface area contributed by atoms with Gasteiger partial charge in [0, 0.05) is 13.1 Å². The van der Waals surface area contributed by atoms with E-state index < -0.39 is 11.5 Å². The Kier molecular flexibility index (Phi) is 4.13. The number of aliphatic carboxylic acids is 1. The molecule has 0 aliphatic carbocycles. The lowest BCUT2D eigenvalue weighted by atomic mass is 9.88. The van der Waals surface area contributed by atoms with E-state index in [0.29, 0.717) is 31.8 Å². The third kappa shape index (κ3) is 2.36. The third-order valence-electron chi connectivity index (χ3n) is 4.65. The van der Waals surface area contributed by atoms with Gasteiger partial charge in [-0.1, -0.05) is 20.3 Å². The van der Waals surface area contributed by atoms with Crippen LogP contribution in [0.25, 0.3) is 0 Å². The van der Waals surface area contributed by atoms with Crippen LogP contribution in [-0.2, 0) is 9.59 Å². The summed E-state index contributed by atoms with van der Waals surface area (Å²) in [4.78, 5) is 26.1. The summed E-state index contributed by atoms with van der Waals surface area (Å²) in [5.74, 6) is -0.570. The minimum atomic E-state index is -0.950. The van der Waals surface area contributed by atoms with Gasteiger partial charge in [-0.05, 0) is 31.7 Å². The van der Waals surface area contributed by atoms with Crippen molar-refractivity contribution in [2.75, 3.05) is 19.6 Å². The van der Waals surface area contributed by atoms with Crippen LogP contribution in [0.15, 0.2) is 0 Å². The molecule has 3 atom stereocenters. The van der Waals surface area contributed by atoms with Gasteiger partial charge in [-0.25, -0.2) is 4.79 Å². The maximum absolute atomic E-state index is 12.7. The molecule has 0 saturated carbocycles. The highest BCUT2D eigenvalue weighted by atomic mass is 16.4. The second-order valence-electron chi connectivity index (χ2n) is 5.92. The fraction of sp³-hybridized carbons (Fsp3) is 0.857. The zero-order valence-electron chi connectivity index (χ0n) is 11.8. The predicted molar refractivity (Wildman–Crippen MR) is 71.7 cm³/mol. The van der Waals surface area contributed by atoms with Gasteiger partial charge >= 0.3 is 5.97 Å². The quantitative estimate of drug-likeness (QED) is 0.800. The molecule has 5 nitrogen and oxygen atoms in total. The van der Waals surface area contributed by atoms with Gasteiger partial charge in [-0.2, -0.15) is 0 Å². The molecule has 0 aromatic carbocycles. The molecule has 1 amide bonds. The van der Waals surface area contributed by atoms with E-state index in [1.165, 1.54) is 0 Å². The summed E-state index contributed by atoms with van der Waals surface area (Å²) < 4.78 is 0. The van der Waals surface area contributed by atoms with Crippen molar-refractivity contribution < 1.29 is 14.7 Å². The number of likely N-dealkylation sites (tertiary alicyclic amines) is 1. The van der Waals surface area contributed by atoms with Gasteiger partial charge in [-0.15, -0.1) is 0 Å². The van der Waals surface area contributed by atoms with Crippen LogP contribution in [0.4, 0.5) is 0 Å². The van der Waals surface area contributed by atoms with Crippen LogP contribution < -0.4 is 5.32 Å². The normalized spacial score (nSPS) is 34.7. The van der Waals surface area contributed by atoms with E-state index in [1.54, 1.807) is 4.90 Å². The van der Waals surface area contributed by atoms with Crippen molar-refractivity contribution in [2.45, 2.75) is 45.1 Å². The summed E-state index contributed by atoms with van der Waals surface area (Å²) in [5.41, 5.74) is -0.950. The van der Waals surface area contributed by atoms with Gasteiger partial charge in [-0.3, -0.25) is 4.79 Å². The second kappa shape index (κ2) is 5.49. The molecule has 0 radical (unpaired) electrons. The summed E-state index contributed by atoms with van der Waals surface area (Å²) in [6.07, 6.45) is 2.74. The van der Waals surface area contributed by atoms with E-state index in [9.17, 15) is 14.7 Å². The Morgan fingerprint density at radius 1 is 1.42 bits per heavy atom. The molecule has 0 aromatic rings. The average molecular weight is 268 g/mol. The first-order chi connectivity index (χ1) is 9.03. The Hall–Kier alpha value is -1.10. The highest BCUT2D eigenvalue weighted by molar-refractivity contribution is 5.89. The number of carbonyl (C=O) groups is 2. The Morgan fingerprint density at radius 3 is 2.68 bits per heavy atom. The number of amides is 1. The molecule has 0 bridgehead atoms. The van der Waals surface area contributed by atoms with Crippen molar-refractivity contribution in [1.29, 1.82) is 0 Å². The maximum Gasteiger partial charge on any atom is 0.329 e. The molecule has 2 heterocycles. The van der Waals surface area contributed by atoms with Gasteiger partial charge in [0.1, 0.15) is 5.54 Å². The van der Waals surface area contributed by atoms with Crippen LogP contribution >= 0.6 is 0 Å². The van der Waals surface area contributed by atoms with E-state index in [0.717, 1.165) is 19.4 Å². The number of rotatable bonds is 4. The molecule has 19 heavy (non-hydrogen) atoms. The first-order valence-corrected chi connectivity index (χ1v) is 7.28. The van der Waals surface area contributed by atoms with Crippen molar-refractivity contribution >= 4 is 11.9 Å². The first kappa shape index (κ1) is 14.3. The molecule has 2 saturated heterocycles. The van der Waals surface area contributed by atoms with Gasteiger partial charge in [0.15, 0.2) is 0 Å². The summed E-state index contributed by atoms with van der Waals surface area (Å²) in [6.45, 7) is 6.15. The Morgan fingerprint density at radius 2 is 2.16 bits per heavy atom. The summed E-state index contributed by atoms with van der Waals surface area (Å²) in [5, 5.41) is 12.8. The molecule has 0 spiro atoms. The number of nitrogens with zero attached hydrogens (tertiary/aromatic N) is 1. The molecule has 2 fully saturated rings. The zero-order chi connectivity index (χ0) is 14.0. The number of carbonyl (C=O) groups excluding carboxylic acids is 1. The number of nitrogens with one attached hydrogen (secondary N) is 1. The SMILES string of the molecule is CCCC1(C(=O)O)CCCN1C(=O)C1CNCC1C. The minimum absolute atomic E-state index is 0.0332. The predicted octanol–water partition coefficient (Wildman–Crippen LogP) is 1.09. The summed E-state index contributed by atoms with van der Waals surface area (Å²) in [6, 6.07) is 0. The number of carboxylic acids is 1. The van der Waals surface area contributed by atoms with Gasteiger partial charge in [0.25, 0.3) is 0 Å². The Balaban J connectivity index is 2.21. The zero-order valence-corrected chi connectivity index (χ0v) is 11.8. The van der Waals surface area contributed by atoms with Crippen molar-refractivity contribution in [3.05, 3.63) is 0 Å². The van der Waals surface area contributed by atoms with Crippen LogP contribution in [0.2, 0.25) is 0 Å². The molecule has 5 heteroatoms. The standard InChI is InChI=1S/C14H24N2O3/c1-3-5-14(13(18)19)6-4-7-16(14)12(17)11-9-15-8-10(11)2/h10-11,15H,3-9H2,1-2H3,(H,18,19).